The molecule has 3 aromatic rings. The molecule has 3 rings (SSSR count). The molecule has 5 nitrogen and oxygen atoms in total. The molecule has 1 atom stereocenters. The average Bonchev–Trinajstić information content (AvgIpc) is 2.96. The summed E-state index contributed by atoms with van der Waals surface area (Å²) in [5.41, 5.74) is 2.80. The van der Waals surface area contributed by atoms with E-state index in [0.29, 0.717) is 11.8 Å². The van der Waals surface area contributed by atoms with Gasteiger partial charge in [-0.25, -0.2) is 0 Å². The van der Waals surface area contributed by atoms with Crippen LogP contribution in [0, 0.1) is 6.92 Å². The first-order valence-corrected chi connectivity index (χ1v) is 7.12. The highest BCUT2D eigenvalue weighted by Gasteiger charge is 2.16. The number of nitrogens with one attached hydrogen (secondary N) is 1. The van der Waals surface area contributed by atoms with Gasteiger partial charge in [0.1, 0.15) is 0 Å². The van der Waals surface area contributed by atoms with E-state index in [9.17, 15) is 0 Å². The van der Waals surface area contributed by atoms with Gasteiger partial charge in [-0.1, -0.05) is 25.1 Å². The molecular weight excluding hydrogens is 264 g/mol. The third-order valence-corrected chi connectivity index (χ3v) is 3.40. The SMILES string of the molecule is CCNC(C)c1nnc(-c2cc(C)nc3ccccc23)o1. The molecule has 2 aromatic heterocycles. The number of aryl methyl sites for hydroxylation is 1. The lowest BCUT2D eigenvalue weighted by molar-refractivity contribution is 0.429. The maximum Gasteiger partial charge on any atom is 0.248 e. The fourth-order valence-electron chi connectivity index (χ4n) is 2.40. The van der Waals surface area contributed by atoms with E-state index in [2.05, 4.69) is 20.5 Å². The molecule has 2 heterocycles. The van der Waals surface area contributed by atoms with Gasteiger partial charge in [0.15, 0.2) is 0 Å². The van der Waals surface area contributed by atoms with Gasteiger partial charge in [0.2, 0.25) is 11.8 Å². The highest BCUT2D eigenvalue weighted by Crippen LogP contribution is 2.28. The molecule has 0 saturated heterocycles. The Labute approximate surface area is 123 Å². The average molecular weight is 282 g/mol. The molecule has 0 spiro atoms. The van der Waals surface area contributed by atoms with E-state index in [0.717, 1.165) is 28.7 Å². The zero-order valence-electron chi connectivity index (χ0n) is 12.4. The van der Waals surface area contributed by atoms with Crippen LogP contribution in [0.25, 0.3) is 22.4 Å². The number of fused-ring (bicyclic) bond motifs is 1. The highest BCUT2D eigenvalue weighted by molar-refractivity contribution is 5.92. The Morgan fingerprint density at radius 2 is 2.05 bits per heavy atom. The predicted octanol–water partition coefficient (Wildman–Crippen LogP) is 3.26. The van der Waals surface area contributed by atoms with E-state index >= 15 is 0 Å². The van der Waals surface area contributed by atoms with Crippen molar-refractivity contribution in [1.29, 1.82) is 0 Å². The topological polar surface area (TPSA) is 63.8 Å². The maximum absolute atomic E-state index is 5.83. The smallest absolute Gasteiger partial charge is 0.248 e. The van der Waals surface area contributed by atoms with Crippen molar-refractivity contribution in [2.75, 3.05) is 6.54 Å². The first kappa shape index (κ1) is 13.7. The molecule has 0 aliphatic carbocycles. The van der Waals surface area contributed by atoms with Gasteiger partial charge in [-0.15, -0.1) is 10.2 Å². The maximum atomic E-state index is 5.83. The van der Waals surface area contributed by atoms with E-state index in [1.54, 1.807) is 0 Å². The number of nitrogens with zero attached hydrogens (tertiary/aromatic N) is 3. The second-order valence-corrected chi connectivity index (χ2v) is 5.05. The summed E-state index contributed by atoms with van der Waals surface area (Å²) in [6.07, 6.45) is 0. The summed E-state index contributed by atoms with van der Waals surface area (Å²) in [6, 6.07) is 10.0. The first-order chi connectivity index (χ1) is 10.2. The third kappa shape index (κ3) is 2.64. The second-order valence-electron chi connectivity index (χ2n) is 5.05. The fourth-order valence-corrected chi connectivity index (χ4v) is 2.40. The van der Waals surface area contributed by atoms with Gasteiger partial charge in [-0.3, -0.25) is 4.98 Å². The van der Waals surface area contributed by atoms with Gasteiger partial charge in [0.05, 0.1) is 11.6 Å². The van der Waals surface area contributed by atoms with Crippen LogP contribution in [-0.4, -0.2) is 21.7 Å². The van der Waals surface area contributed by atoms with E-state index in [1.807, 2.05) is 51.1 Å². The molecule has 0 amide bonds. The molecule has 0 aliphatic rings. The Balaban J connectivity index is 2.08. The van der Waals surface area contributed by atoms with Gasteiger partial charge >= 0.3 is 0 Å². The number of benzene rings is 1. The number of aromatic nitrogens is 3. The minimum absolute atomic E-state index is 0.0467. The summed E-state index contributed by atoms with van der Waals surface area (Å²) in [7, 11) is 0. The molecule has 0 saturated carbocycles. The Morgan fingerprint density at radius 3 is 2.86 bits per heavy atom. The summed E-state index contributed by atoms with van der Waals surface area (Å²) < 4.78 is 5.83. The lowest BCUT2D eigenvalue weighted by Crippen LogP contribution is -2.17. The number of para-hydroxylation sites is 1. The van der Waals surface area contributed by atoms with Crippen molar-refractivity contribution in [3.8, 4) is 11.5 Å². The zero-order valence-corrected chi connectivity index (χ0v) is 12.4. The number of pyridine rings is 1. The Hall–Kier alpha value is -2.27. The van der Waals surface area contributed by atoms with Gasteiger partial charge in [0, 0.05) is 16.6 Å². The standard InChI is InChI=1S/C16H18N4O/c1-4-17-11(3)15-19-20-16(21-15)13-9-10(2)18-14-8-6-5-7-12(13)14/h5-9,11,17H,4H2,1-3H3. The summed E-state index contributed by atoms with van der Waals surface area (Å²) in [6.45, 7) is 6.88. The van der Waals surface area contributed by atoms with E-state index in [-0.39, 0.29) is 6.04 Å². The van der Waals surface area contributed by atoms with E-state index in [4.69, 9.17) is 4.42 Å². The van der Waals surface area contributed by atoms with Crippen LogP contribution in [0.3, 0.4) is 0 Å². The minimum Gasteiger partial charge on any atom is -0.419 e. The minimum atomic E-state index is 0.0467. The van der Waals surface area contributed by atoms with Crippen LogP contribution >= 0.6 is 0 Å². The van der Waals surface area contributed by atoms with Crippen LogP contribution in [0.5, 0.6) is 0 Å². The van der Waals surface area contributed by atoms with Gasteiger partial charge in [0.25, 0.3) is 0 Å². The molecule has 108 valence electrons. The fraction of sp³-hybridized carbons (Fsp3) is 0.312. The number of hydrogen-bond donors (Lipinski definition) is 1. The molecule has 21 heavy (non-hydrogen) atoms. The molecule has 5 heteroatoms. The molecular formula is C16H18N4O. The van der Waals surface area contributed by atoms with Crippen LogP contribution in [0.2, 0.25) is 0 Å². The summed E-state index contributed by atoms with van der Waals surface area (Å²) in [4.78, 5) is 4.53. The van der Waals surface area contributed by atoms with Crippen LogP contribution in [0.15, 0.2) is 34.7 Å². The number of rotatable bonds is 4. The van der Waals surface area contributed by atoms with Crippen molar-refractivity contribution in [1.82, 2.24) is 20.5 Å². The molecule has 0 fully saturated rings. The lowest BCUT2D eigenvalue weighted by Gasteiger charge is -2.06. The predicted molar refractivity (Wildman–Crippen MR) is 81.9 cm³/mol. The summed E-state index contributed by atoms with van der Waals surface area (Å²) >= 11 is 0. The number of hydrogen-bond acceptors (Lipinski definition) is 5. The normalized spacial score (nSPS) is 12.7. The Morgan fingerprint density at radius 1 is 1.24 bits per heavy atom. The third-order valence-electron chi connectivity index (χ3n) is 3.40. The summed E-state index contributed by atoms with van der Waals surface area (Å²) in [5.74, 6) is 1.14. The van der Waals surface area contributed by atoms with Crippen LogP contribution in [-0.2, 0) is 0 Å². The molecule has 1 N–H and O–H groups in total. The van der Waals surface area contributed by atoms with E-state index < -0.39 is 0 Å². The van der Waals surface area contributed by atoms with Crippen LogP contribution < -0.4 is 5.32 Å². The van der Waals surface area contributed by atoms with Gasteiger partial charge < -0.3 is 9.73 Å². The molecule has 0 aliphatic heterocycles. The molecule has 0 bridgehead atoms. The van der Waals surface area contributed by atoms with Gasteiger partial charge in [-0.05, 0) is 32.5 Å². The first-order valence-electron chi connectivity index (χ1n) is 7.12. The molecule has 1 unspecified atom stereocenters. The molecule has 0 radical (unpaired) electrons. The summed E-state index contributed by atoms with van der Waals surface area (Å²) in [5, 5.41) is 12.6. The molecule has 1 aromatic carbocycles. The van der Waals surface area contributed by atoms with Crippen molar-refractivity contribution in [3.63, 3.8) is 0 Å². The lowest BCUT2D eigenvalue weighted by atomic mass is 10.1. The van der Waals surface area contributed by atoms with Crippen molar-refractivity contribution < 1.29 is 4.42 Å². The van der Waals surface area contributed by atoms with Crippen molar-refractivity contribution in [3.05, 3.63) is 41.9 Å². The van der Waals surface area contributed by atoms with E-state index in [1.165, 1.54) is 0 Å². The van der Waals surface area contributed by atoms with Crippen LogP contribution in [0.4, 0.5) is 0 Å². The van der Waals surface area contributed by atoms with Gasteiger partial charge in [-0.2, -0.15) is 0 Å². The Kier molecular flexibility index (Phi) is 3.66. The van der Waals surface area contributed by atoms with Crippen molar-refractivity contribution in [2.45, 2.75) is 26.8 Å². The highest BCUT2D eigenvalue weighted by atomic mass is 16.4. The van der Waals surface area contributed by atoms with Crippen molar-refractivity contribution in [2.24, 2.45) is 0 Å². The quantitative estimate of drug-likeness (QED) is 0.795. The van der Waals surface area contributed by atoms with Crippen molar-refractivity contribution >= 4 is 10.9 Å². The Bertz CT molecular complexity index is 766. The zero-order chi connectivity index (χ0) is 14.8. The largest absolute Gasteiger partial charge is 0.419 e. The monoisotopic (exact) mass is 282 g/mol. The second kappa shape index (κ2) is 5.61. The van der Waals surface area contributed by atoms with Crippen LogP contribution in [0.1, 0.15) is 31.5 Å².